The molecule has 0 aliphatic carbocycles. The van der Waals surface area contributed by atoms with E-state index in [2.05, 4.69) is 25.6 Å². The predicted octanol–water partition coefficient (Wildman–Crippen LogP) is 2.55. The first-order valence-electron chi connectivity index (χ1n) is 5.33. The number of aryl methyl sites for hydroxylation is 2. The third kappa shape index (κ3) is 1.50. The van der Waals surface area contributed by atoms with Crippen molar-refractivity contribution in [1.82, 2.24) is 19.5 Å². The lowest BCUT2D eigenvalue weighted by Gasteiger charge is -2.00. The smallest absolute Gasteiger partial charge is 0.168 e. The molecule has 0 N–H and O–H groups in total. The summed E-state index contributed by atoms with van der Waals surface area (Å²) < 4.78 is 2.09. The normalized spacial score (nSPS) is 11.5. The Morgan fingerprint density at radius 1 is 1.18 bits per heavy atom. The quantitative estimate of drug-likeness (QED) is 0.617. The van der Waals surface area contributed by atoms with Crippen molar-refractivity contribution >= 4 is 33.8 Å². The van der Waals surface area contributed by atoms with E-state index in [1.807, 2.05) is 26.3 Å². The van der Waals surface area contributed by atoms with Gasteiger partial charge in [0, 0.05) is 13.2 Å². The second kappa shape index (κ2) is 3.70. The zero-order valence-corrected chi connectivity index (χ0v) is 10.7. The summed E-state index contributed by atoms with van der Waals surface area (Å²) in [6, 6.07) is 4.05. The number of imidazole rings is 1. The number of hydrogen-bond acceptors (Lipinski definition) is 4. The van der Waals surface area contributed by atoms with Gasteiger partial charge in [0.1, 0.15) is 11.0 Å². The number of rotatable bonds is 1. The van der Waals surface area contributed by atoms with E-state index in [0.717, 1.165) is 32.9 Å². The summed E-state index contributed by atoms with van der Waals surface area (Å²) in [5, 5.41) is 0.996. The maximum absolute atomic E-state index is 4.62. The lowest BCUT2D eigenvalue weighted by Crippen LogP contribution is -1.90. The Morgan fingerprint density at radius 2 is 2.00 bits per heavy atom. The number of thioether (sulfide) groups is 1. The van der Waals surface area contributed by atoms with E-state index in [4.69, 9.17) is 0 Å². The van der Waals surface area contributed by atoms with Crippen molar-refractivity contribution in [1.29, 1.82) is 0 Å². The second-order valence-electron chi connectivity index (χ2n) is 3.97. The molecule has 0 radical (unpaired) electrons. The Labute approximate surface area is 103 Å². The number of hydrogen-bond donors (Lipinski definition) is 0. The van der Waals surface area contributed by atoms with Gasteiger partial charge in [-0.05, 0) is 25.3 Å². The molecule has 0 aliphatic rings. The highest BCUT2D eigenvalue weighted by atomic mass is 32.2. The van der Waals surface area contributed by atoms with Gasteiger partial charge >= 0.3 is 0 Å². The molecule has 2 aromatic heterocycles. The molecule has 3 rings (SSSR count). The maximum Gasteiger partial charge on any atom is 0.168 e. The van der Waals surface area contributed by atoms with Crippen molar-refractivity contribution in [3.63, 3.8) is 0 Å². The molecule has 1 aromatic carbocycles. The first kappa shape index (κ1) is 10.5. The second-order valence-corrected chi connectivity index (χ2v) is 4.74. The predicted molar refractivity (Wildman–Crippen MR) is 70.3 cm³/mol. The fraction of sp³-hybridized carbons (Fsp3) is 0.250. The van der Waals surface area contributed by atoms with Crippen molar-refractivity contribution in [2.45, 2.75) is 12.1 Å². The summed E-state index contributed by atoms with van der Waals surface area (Å²) in [6.07, 6.45) is 3.81. The van der Waals surface area contributed by atoms with Crippen LogP contribution in [0.2, 0.25) is 0 Å². The zero-order valence-electron chi connectivity index (χ0n) is 9.93. The lowest BCUT2D eigenvalue weighted by molar-refractivity contribution is 0.817. The average molecular weight is 244 g/mol. The third-order valence-corrected chi connectivity index (χ3v) is 3.56. The molecule has 2 heterocycles. The van der Waals surface area contributed by atoms with Crippen molar-refractivity contribution in [2.24, 2.45) is 7.05 Å². The van der Waals surface area contributed by atoms with Crippen LogP contribution >= 0.6 is 11.8 Å². The monoisotopic (exact) mass is 244 g/mol. The molecule has 5 heteroatoms. The van der Waals surface area contributed by atoms with Crippen LogP contribution in [0.5, 0.6) is 0 Å². The minimum atomic E-state index is 0.887. The molecule has 0 aliphatic heterocycles. The summed E-state index contributed by atoms with van der Waals surface area (Å²) in [7, 11) is 2.02. The van der Waals surface area contributed by atoms with Gasteiger partial charge in [0.2, 0.25) is 0 Å². The molecule has 0 unspecified atom stereocenters. The molecular weight excluding hydrogens is 232 g/mol. The van der Waals surface area contributed by atoms with Gasteiger partial charge in [-0.25, -0.2) is 9.97 Å². The van der Waals surface area contributed by atoms with Crippen molar-refractivity contribution < 1.29 is 0 Å². The van der Waals surface area contributed by atoms with Crippen LogP contribution in [-0.2, 0) is 7.05 Å². The van der Waals surface area contributed by atoms with Gasteiger partial charge in [-0.15, -0.1) is 0 Å². The molecule has 4 nitrogen and oxygen atoms in total. The maximum atomic E-state index is 4.62. The molecule has 17 heavy (non-hydrogen) atoms. The molecule has 86 valence electrons. The Bertz CT molecular complexity index is 717. The summed E-state index contributed by atoms with van der Waals surface area (Å²) in [4.78, 5) is 13.5. The standard InChI is InChI=1S/C12H12N4S/c1-7-6-13-8-4-5-9-11(10(8)14-7)15-12(17-3)16(9)2/h4-6H,1-3H3. The molecule has 0 amide bonds. The van der Waals surface area contributed by atoms with E-state index in [1.54, 1.807) is 18.0 Å². The zero-order chi connectivity index (χ0) is 12.0. The number of fused-ring (bicyclic) bond motifs is 3. The summed E-state index contributed by atoms with van der Waals surface area (Å²) in [6.45, 7) is 1.95. The lowest BCUT2D eigenvalue weighted by atomic mass is 10.2. The molecule has 0 bridgehead atoms. The number of nitrogens with zero attached hydrogens (tertiary/aromatic N) is 4. The summed E-state index contributed by atoms with van der Waals surface area (Å²) in [5.41, 5.74) is 4.74. The molecule has 0 fully saturated rings. The van der Waals surface area contributed by atoms with Crippen LogP contribution in [0.25, 0.3) is 22.1 Å². The molecule has 0 saturated heterocycles. The average Bonchev–Trinajstić information content (AvgIpc) is 2.66. The number of aromatic nitrogens is 4. The van der Waals surface area contributed by atoms with Crippen molar-refractivity contribution in [3.05, 3.63) is 24.0 Å². The molecule has 3 aromatic rings. The Balaban J connectivity index is 2.50. The highest BCUT2D eigenvalue weighted by molar-refractivity contribution is 7.98. The number of benzene rings is 1. The first-order valence-corrected chi connectivity index (χ1v) is 6.56. The van der Waals surface area contributed by atoms with Gasteiger partial charge in [-0.2, -0.15) is 0 Å². The minimum absolute atomic E-state index is 0.887. The van der Waals surface area contributed by atoms with Crippen LogP contribution in [-0.4, -0.2) is 25.8 Å². The van der Waals surface area contributed by atoms with Crippen LogP contribution in [0.15, 0.2) is 23.5 Å². The molecular formula is C12H12N4S. The van der Waals surface area contributed by atoms with Crippen LogP contribution in [0.4, 0.5) is 0 Å². The van der Waals surface area contributed by atoms with E-state index < -0.39 is 0 Å². The van der Waals surface area contributed by atoms with Gasteiger partial charge in [-0.3, -0.25) is 4.98 Å². The van der Waals surface area contributed by atoms with Crippen LogP contribution < -0.4 is 0 Å². The Morgan fingerprint density at radius 3 is 2.76 bits per heavy atom. The van der Waals surface area contributed by atoms with Gasteiger partial charge in [-0.1, -0.05) is 11.8 Å². The Hall–Kier alpha value is -1.62. The van der Waals surface area contributed by atoms with E-state index in [9.17, 15) is 0 Å². The highest BCUT2D eigenvalue weighted by Crippen LogP contribution is 2.26. The summed E-state index contributed by atoms with van der Waals surface area (Å²) >= 11 is 1.64. The van der Waals surface area contributed by atoms with Gasteiger partial charge in [0.05, 0.1) is 16.7 Å². The fourth-order valence-electron chi connectivity index (χ4n) is 1.98. The SMILES string of the molecule is CSc1nc2c3nc(C)cnc3ccc2n1C. The van der Waals surface area contributed by atoms with Crippen LogP contribution in [0.3, 0.4) is 0 Å². The van der Waals surface area contributed by atoms with E-state index in [1.165, 1.54) is 0 Å². The topological polar surface area (TPSA) is 43.6 Å². The van der Waals surface area contributed by atoms with Crippen LogP contribution in [0.1, 0.15) is 5.69 Å². The fourth-order valence-corrected chi connectivity index (χ4v) is 2.53. The van der Waals surface area contributed by atoms with E-state index >= 15 is 0 Å². The third-order valence-electron chi connectivity index (χ3n) is 2.83. The largest absolute Gasteiger partial charge is 0.322 e. The van der Waals surface area contributed by atoms with Crippen molar-refractivity contribution in [2.75, 3.05) is 6.26 Å². The van der Waals surface area contributed by atoms with Gasteiger partial charge < -0.3 is 4.57 Å². The minimum Gasteiger partial charge on any atom is -0.322 e. The first-order chi connectivity index (χ1) is 8.20. The molecule has 0 spiro atoms. The molecule has 0 atom stereocenters. The summed E-state index contributed by atoms with van der Waals surface area (Å²) in [5.74, 6) is 0. The van der Waals surface area contributed by atoms with Crippen LogP contribution in [0, 0.1) is 6.92 Å². The Kier molecular flexibility index (Phi) is 2.29. The van der Waals surface area contributed by atoms with E-state index in [-0.39, 0.29) is 0 Å². The van der Waals surface area contributed by atoms with E-state index in [0.29, 0.717) is 0 Å². The van der Waals surface area contributed by atoms with Gasteiger partial charge in [0.15, 0.2) is 5.16 Å². The van der Waals surface area contributed by atoms with Gasteiger partial charge in [0.25, 0.3) is 0 Å². The molecule has 0 saturated carbocycles. The van der Waals surface area contributed by atoms with Crippen molar-refractivity contribution in [3.8, 4) is 0 Å². The highest BCUT2D eigenvalue weighted by Gasteiger charge is 2.11.